The lowest BCUT2D eigenvalue weighted by molar-refractivity contribution is -0.167. The van der Waals surface area contributed by atoms with E-state index < -0.39 is 6.10 Å². The van der Waals surface area contributed by atoms with Gasteiger partial charge in [-0.3, -0.25) is 14.4 Å². The van der Waals surface area contributed by atoms with Gasteiger partial charge in [0.2, 0.25) is 0 Å². The topological polar surface area (TPSA) is 78.9 Å². The van der Waals surface area contributed by atoms with Gasteiger partial charge in [-0.1, -0.05) is 272 Å². The molecule has 0 bridgehead atoms. The molecule has 0 fully saturated rings. The van der Waals surface area contributed by atoms with Crippen molar-refractivity contribution in [3.8, 4) is 0 Å². The first kappa shape index (κ1) is 60.4. The van der Waals surface area contributed by atoms with Gasteiger partial charge in [-0.2, -0.15) is 0 Å². The van der Waals surface area contributed by atoms with Crippen molar-refractivity contribution in [1.29, 1.82) is 0 Å². The number of ether oxygens (including phenoxy) is 3. The Bertz CT molecular complexity index is 947. The molecule has 0 aliphatic carbocycles. The molecule has 0 aromatic carbocycles. The maximum Gasteiger partial charge on any atom is 0.306 e. The smallest absolute Gasteiger partial charge is 0.306 e. The molecule has 368 valence electrons. The van der Waals surface area contributed by atoms with Gasteiger partial charge in [0.25, 0.3) is 0 Å². The molecule has 62 heavy (non-hydrogen) atoms. The van der Waals surface area contributed by atoms with Crippen LogP contribution in [-0.2, 0) is 28.6 Å². The molecule has 0 heterocycles. The molecule has 0 saturated carbocycles. The molecule has 0 aromatic heterocycles. The van der Waals surface area contributed by atoms with Crippen LogP contribution in [0.15, 0.2) is 0 Å². The Labute approximate surface area is 387 Å². The van der Waals surface area contributed by atoms with Crippen molar-refractivity contribution >= 4 is 17.9 Å². The molecule has 1 atom stereocenters. The van der Waals surface area contributed by atoms with Crippen molar-refractivity contribution in [2.45, 2.75) is 317 Å². The maximum absolute atomic E-state index is 12.8. The number of hydrogen-bond donors (Lipinski definition) is 0. The fourth-order valence-corrected chi connectivity index (χ4v) is 8.52. The minimum absolute atomic E-state index is 0.0631. The van der Waals surface area contributed by atoms with E-state index in [2.05, 4.69) is 34.6 Å². The number of carbonyl (C=O) groups is 3. The highest BCUT2D eigenvalue weighted by molar-refractivity contribution is 5.71. The standard InChI is InChI=1S/C56H108O6/c1-6-7-8-9-10-11-12-13-18-22-27-33-38-43-48-56(59)62-53(50-61-55(58)47-42-37-32-28-23-25-30-35-40-45-52(4)5)49-60-54(57)46-41-36-31-26-21-19-16-14-15-17-20-24-29-34-39-44-51(2)3/h51-53H,6-50H2,1-5H3/t53-/m0/s1. The van der Waals surface area contributed by atoms with Crippen LogP contribution in [0.2, 0.25) is 0 Å². The quantitative estimate of drug-likeness (QED) is 0.0344. The lowest BCUT2D eigenvalue weighted by atomic mass is 10.0. The molecule has 6 nitrogen and oxygen atoms in total. The predicted molar refractivity (Wildman–Crippen MR) is 266 cm³/mol. The molecule has 0 saturated heterocycles. The zero-order valence-electron chi connectivity index (χ0n) is 42.5. The Balaban J connectivity index is 4.28. The third-order valence-corrected chi connectivity index (χ3v) is 12.7. The first-order valence-electron chi connectivity index (χ1n) is 27.7. The number of rotatable bonds is 50. The summed E-state index contributed by atoms with van der Waals surface area (Å²) in [4.78, 5) is 38.0. The molecular formula is C56H108O6. The zero-order chi connectivity index (χ0) is 45.4. The summed E-state index contributed by atoms with van der Waals surface area (Å²) in [5.74, 6) is 0.814. The second-order valence-corrected chi connectivity index (χ2v) is 20.2. The second-order valence-electron chi connectivity index (χ2n) is 20.2. The lowest BCUT2D eigenvalue weighted by Gasteiger charge is -2.18. The first-order chi connectivity index (χ1) is 30.2. The van der Waals surface area contributed by atoms with E-state index in [9.17, 15) is 14.4 Å². The van der Waals surface area contributed by atoms with Gasteiger partial charge in [-0.25, -0.2) is 0 Å². The normalized spacial score (nSPS) is 12.0. The van der Waals surface area contributed by atoms with E-state index in [1.807, 2.05) is 0 Å². The van der Waals surface area contributed by atoms with Gasteiger partial charge < -0.3 is 14.2 Å². The molecule has 0 aromatic rings. The minimum Gasteiger partial charge on any atom is -0.462 e. The van der Waals surface area contributed by atoms with Gasteiger partial charge in [0.05, 0.1) is 0 Å². The number of carbonyl (C=O) groups excluding carboxylic acids is 3. The van der Waals surface area contributed by atoms with Crippen LogP contribution in [0.3, 0.4) is 0 Å². The molecule has 0 radical (unpaired) electrons. The first-order valence-corrected chi connectivity index (χ1v) is 27.7. The van der Waals surface area contributed by atoms with Crippen LogP contribution in [0.1, 0.15) is 311 Å². The van der Waals surface area contributed by atoms with Crippen molar-refractivity contribution in [2.24, 2.45) is 11.8 Å². The lowest BCUT2D eigenvalue weighted by Crippen LogP contribution is -2.30. The Morgan fingerprint density at radius 1 is 0.306 bits per heavy atom. The highest BCUT2D eigenvalue weighted by atomic mass is 16.6. The van der Waals surface area contributed by atoms with E-state index in [1.54, 1.807) is 0 Å². The average Bonchev–Trinajstić information content (AvgIpc) is 3.24. The SMILES string of the molecule is CCCCCCCCCCCCCCCCC(=O)O[C@@H](COC(=O)CCCCCCCCCCCCCCCCCC(C)C)COC(=O)CCCCCCCCCCCC(C)C. The summed E-state index contributed by atoms with van der Waals surface area (Å²) >= 11 is 0. The Morgan fingerprint density at radius 2 is 0.532 bits per heavy atom. The van der Waals surface area contributed by atoms with Crippen LogP contribution in [-0.4, -0.2) is 37.2 Å². The van der Waals surface area contributed by atoms with Crippen molar-refractivity contribution < 1.29 is 28.6 Å². The average molecular weight is 877 g/mol. The Morgan fingerprint density at radius 3 is 0.790 bits per heavy atom. The summed E-state index contributed by atoms with van der Waals surface area (Å²) in [5, 5.41) is 0. The van der Waals surface area contributed by atoms with Gasteiger partial charge in [0.15, 0.2) is 6.10 Å². The highest BCUT2D eigenvalue weighted by Crippen LogP contribution is 2.18. The molecule has 0 spiro atoms. The Kier molecular flexibility index (Phi) is 47.6. The monoisotopic (exact) mass is 877 g/mol. The molecule has 0 aliphatic rings. The molecular weight excluding hydrogens is 769 g/mol. The van der Waals surface area contributed by atoms with Gasteiger partial charge in [0, 0.05) is 19.3 Å². The van der Waals surface area contributed by atoms with E-state index in [0.29, 0.717) is 19.3 Å². The van der Waals surface area contributed by atoms with E-state index in [4.69, 9.17) is 14.2 Å². The van der Waals surface area contributed by atoms with Gasteiger partial charge >= 0.3 is 17.9 Å². The number of esters is 3. The fraction of sp³-hybridized carbons (Fsp3) is 0.946. The summed E-state index contributed by atoms with van der Waals surface area (Å²) in [6, 6.07) is 0. The van der Waals surface area contributed by atoms with Crippen LogP contribution in [0.25, 0.3) is 0 Å². The molecule has 0 N–H and O–H groups in total. The van der Waals surface area contributed by atoms with Crippen molar-refractivity contribution in [1.82, 2.24) is 0 Å². The van der Waals surface area contributed by atoms with Crippen LogP contribution in [0.4, 0.5) is 0 Å². The van der Waals surface area contributed by atoms with Crippen molar-refractivity contribution in [3.05, 3.63) is 0 Å². The summed E-state index contributed by atoms with van der Waals surface area (Å²) in [5.41, 5.74) is 0. The van der Waals surface area contributed by atoms with E-state index in [0.717, 1.165) is 69.6 Å². The molecule has 0 amide bonds. The van der Waals surface area contributed by atoms with E-state index in [1.165, 1.54) is 199 Å². The predicted octanol–water partition coefficient (Wildman–Crippen LogP) is 18.1. The number of hydrogen-bond acceptors (Lipinski definition) is 6. The second kappa shape index (κ2) is 48.9. The van der Waals surface area contributed by atoms with Crippen LogP contribution in [0, 0.1) is 11.8 Å². The molecule has 6 heteroatoms. The summed E-state index contributed by atoms with van der Waals surface area (Å²) < 4.78 is 16.9. The van der Waals surface area contributed by atoms with Gasteiger partial charge in [-0.15, -0.1) is 0 Å². The fourth-order valence-electron chi connectivity index (χ4n) is 8.52. The van der Waals surface area contributed by atoms with Gasteiger partial charge in [-0.05, 0) is 31.1 Å². The zero-order valence-corrected chi connectivity index (χ0v) is 42.5. The third kappa shape index (κ3) is 49.4. The maximum atomic E-state index is 12.8. The summed E-state index contributed by atoms with van der Waals surface area (Å²) in [6.07, 6.45) is 50.9. The van der Waals surface area contributed by atoms with Crippen LogP contribution >= 0.6 is 0 Å². The molecule has 0 unspecified atom stereocenters. The van der Waals surface area contributed by atoms with Crippen molar-refractivity contribution in [2.75, 3.05) is 13.2 Å². The van der Waals surface area contributed by atoms with Crippen LogP contribution in [0.5, 0.6) is 0 Å². The third-order valence-electron chi connectivity index (χ3n) is 12.7. The van der Waals surface area contributed by atoms with E-state index in [-0.39, 0.29) is 31.1 Å². The van der Waals surface area contributed by atoms with Crippen molar-refractivity contribution in [3.63, 3.8) is 0 Å². The highest BCUT2D eigenvalue weighted by Gasteiger charge is 2.19. The summed E-state index contributed by atoms with van der Waals surface area (Å²) in [7, 11) is 0. The van der Waals surface area contributed by atoms with E-state index >= 15 is 0 Å². The summed E-state index contributed by atoms with van der Waals surface area (Å²) in [6.45, 7) is 11.4. The van der Waals surface area contributed by atoms with Crippen LogP contribution < -0.4 is 0 Å². The Hall–Kier alpha value is -1.59. The largest absolute Gasteiger partial charge is 0.462 e. The molecule has 0 rings (SSSR count). The number of unbranched alkanes of at least 4 members (excludes halogenated alkanes) is 35. The van der Waals surface area contributed by atoms with Gasteiger partial charge in [0.1, 0.15) is 13.2 Å². The molecule has 0 aliphatic heterocycles. The minimum atomic E-state index is -0.762.